The van der Waals surface area contributed by atoms with Gasteiger partial charge in [-0.2, -0.15) is 5.26 Å². The number of nitriles is 1. The molecule has 0 bridgehead atoms. The van der Waals surface area contributed by atoms with Gasteiger partial charge in [0.15, 0.2) is 5.78 Å². The maximum atomic E-state index is 13.0. The number of hydrogen-bond acceptors (Lipinski definition) is 5. The van der Waals surface area contributed by atoms with Crippen molar-refractivity contribution in [2.24, 2.45) is 5.73 Å². The van der Waals surface area contributed by atoms with Crippen LogP contribution in [0.25, 0.3) is 0 Å². The average molecular weight is 475 g/mol. The maximum absolute atomic E-state index is 13.0. The molecule has 1 aromatic carbocycles. The molecule has 2 heterocycles. The second-order valence-electron chi connectivity index (χ2n) is 6.89. The van der Waals surface area contributed by atoms with Crippen molar-refractivity contribution >= 4 is 50.3 Å². The number of rotatable bonds is 2. The van der Waals surface area contributed by atoms with E-state index in [1.54, 1.807) is 0 Å². The molecule has 4 rings (SSSR count). The van der Waals surface area contributed by atoms with Crippen LogP contribution in [0.5, 0.6) is 0 Å². The van der Waals surface area contributed by atoms with Crippen molar-refractivity contribution < 1.29 is 4.79 Å². The fourth-order valence-electron chi connectivity index (χ4n) is 3.95. The van der Waals surface area contributed by atoms with E-state index in [2.05, 4.69) is 22.0 Å². The Hall–Kier alpha value is -2.07. The van der Waals surface area contributed by atoms with Gasteiger partial charge in [0.2, 0.25) is 0 Å². The summed E-state index contributed by atoms with van der Waals surface area (Å²) >= 11 is 11.3. The van der Waals surface area contributed by atoms with Crippen molar-refractivity contribution in [3.63, 3.8) is 0 Å². The highest BCUT2D eigenvalue weighted by molar-refractivity contribution is 9.11. The van der Waals surface area contributed by atoms with E-state index in [4.69, 9.17) is 17.3 Å². The summed E-state index contributed by atoms with van der Waals surface area (Å²) in [5.74, 6) is 0.0383. The molecule has 0 fully saturated rings. The number of hydrogen-bond donors (Lipinski definition) is 1. The highest BCUT2D eigenvalue weighted by atomic mass is 79.9. The normalized spacial score (nSPS) is 19.7. The summed E-state index contributed by atoms with van der Waals surface area (Å²) in [6, 6.07) is 11.8. The molecule has 1 aliphatic heterocycles. The average Bonchev–Trinajstić information content (AvgIpc) is 3.09. The molecular formula is C21H17BrClN3OS. The van der Waals surface area contributed by atoms with Gasteiger partial charge in [-0.25, -0.2) is 0 Å². The first kappa shape index (κ1) is 19.3. The van der Waals surface area contributed by atoms with Gasteiger partial charge in [0.1, 0.15) is 5.82 Å². The molecule has 1 aromatic heterocycles. The molecule has 0 saturated heterocycles. The fraction of sp³-hybridized carbons (Fsp3) is 0.238. The highest BCUT2D eigenvalue weighted by Crippen LogP contribution is 2.48. The van der Waals surface area contributed by atoms with Gasteiger partial charge < -0.3 is 5.73 Å². The zero-order valence-corrected chi connectivity index (χ0v) is 18.3. The predicted octanol–water partition coefficient (Wildman–Crippen LogP) is 5.78. The van der Waals surface area contributed by atoms with E-state index in [-0.39, 0.29) is 5.78 Å². The molecule has 0 spiro atoms. The van der Waals surface area contributed by atoms with Crippen molar-refractivity contribution in [2.45, 2.75) is 32.1 Å². The molecule has 28 heavy (non-hydrogen) atoms. The first-order chi connectivity index (χ1) is 13.4. The van der Waals surface area contributed by atoms with Crippen molar-refractivity contribution in [2.75, 3.05) is 4.90 Å². The van der Waals surface area contributed by atoms with Crippen molar-refractivity contribution in [1.82, 2.24) is 0 Å². The summed E-state index contributed by atoms with van der Waals surface area (Å²) in [6.07, 6.45) is 1.99. The number of ketones is 1. The summed E-state index contributed by atoms with van der Waals surface area (Å²) in [7, 11) is 0. The standard InChI is InChI=1S/C21H17BrClN3OS/c1-11-5-6-12(23)9-15(11)26-14-3-2-4-16(27)20(14)19(13(10-24)21(26)25)17-7-8-18(22)28-17/h5-9,19H,2-4,25H2,1H3/t19-/m0/s1. The zero-order chi connectivity index (χ0) is 20.0. The van der Waals surface area contributed by atoms with Crippen LogP contribution in [-0.4, -0.2) is 5.78 Å². The molecule has 0 amide bonds. The Kier molecular flexibility index (Phi) is 5.09. The number of thiophene rings is 1. The van der Waals surface area contributed by atoms with Gasteiger partial charge >= 0.3 is 0 Å². The summed E-state index contributed by atoms with van der Waals surface area (Å²) in [6.45, 7) is 1.97. The number of nitrogens with two attached hydrogens (primary N) is 1. The highest BCUT2D eigenvalue weighted by Gasteiger charge is 2.41. The minimum Gasteiger partial charge on any atom is -0.384 e. The molecule has 4 nitrogen and oxygen atoms in total. The number of aryl methyl sites for hydroxylation is 1. The van der Waals surface area contributed by atoms with Crippen LogP contribution in [0.3, 0.4) is 0 Å². The third kappa shape index (κ3) is 3.08. The van der Waals surface area contributed by atoms with E-state index in [9.17, 15) is 10.1 Å². The Balaban J connectivity index is 2.00. The topological polar surface area (TPSA) is 70.1 Å². The smallest absolute Gasteiger partial charge is 0.161 e. The molecule has 1 aliphatic carbocycles. The second-order valence-corrected chi connectivity index (χ2v) is 9.82. The Bertz CT molecular complexity index is 1100. The maximum Gasteiger partial charge on any atom is 0.161 e. The summed E-state index contributed by atoms with van der Waals surface area (Å²) in [4.78, 5) is 15.8. The third-order valence-electron chi connectivity index (χ3n) is 5.20. The zero-order valence-electron chi connectivity index (χ0n) is 15.1. The first-order valence-electron chi connectivity index (χ1n) is 8.90. The fourth-order valence-corrected chi connectivity index (χ4v) is 5.66. The number of halogens is 2. The number of Topliss-reactive ketones (excluding diaryl/α,β-unsaturated/α-hetero) is 1. The van der Waals surface area contributed by atoms with E-state index in [1.165, 1.54) is 11.3 Å². The Morgan fingerprint density at radius 1 is 1.32 bits per heavy atom. The van der Waals surface area contributed by atoms with Crippen LogP contribution in [0, 0.1) is 18.3 Å². The lowest BCUT2D eigenvalue weighted by Gasteiger charge is -2.39. The second kappa shape index (κ2) is 7.40. The SMILES string of the molecule is Cc1ccc(Cl)cc1N1C(N)=C(C#N)[C@@H](c2ccc(Br)s2)C2=C1CCCC2=O. The lowest BCUT2D eigenvalue weighted by molar-refractivity contribution is -0.116. The molecule has 2 aromatic rings. The van der Waals surface area contributed by atoms with Crippen molar-refractivity contribution in [3.8, 4) is 6.07 Å². The van der Waals surface area contributed by atoms with Gasteiger partial charge in [-0.3, -0.25) is 9.69 Å². The lowest BCUT2D eigenvalue weighted by atomic mass is 9.78. The minimum absolute atomic E-state index is 0.0840. The number of carbonyl (C=O) groups excluding carboxylic acids is 1. The largest absolute Gasteiger partial charge is 0.384 e. The van der Waals surface area contributed by atoms with Gasteiger partial charge in [0.25, 0.3) is 0 Å². The minimum atomic E-state index is -0.417. The van der Waals surface area contributed by atoms with Gasteiger partial charge in [0.05, 0.1) is 27.0 Å². The molecule has 1 atom stereocenters. The van der Waals surface area contributed by atoms with Crippen molar-refractivity contribution in [3.05, 3.63) is 72.2 Å². The summed E-state index contributed by atoms with van der Waals surface area (Å²) in [5, 5.41) is 10.6. The molecule has 2 N–H and O–H groups in total. The molecule has 7 heteroatoms. The van der Waals surface area contributed by atoms with E-state index < -0.39 is 5.92 Å². The number of nitrogens with zero attached hydrogens (tertiary/aromatic N) is 2. The Labute approximate surface area is 181 Å². The molecule has 0 unspecified atom stereocenters. The summed E-state index contributed by atoms with van der Waals surface area (Å²) in [5.41, 5.74) is 10.3. The molecule has 0 radical (unpaired) electrons. The van der Waals surface area contributed by atoms with Crippen molar-refractivity contribution in [1.29, 1.82) is 5.26 Å². The number of carbonyl (C=O) groups is 1. The van der Waals surface area contributed by atoms with E-state index >= 15 is 0 Å². The number of benzene rings is 1. The Morgan fingerprint density at radius 3 is 2.79 bits per heavy atom. The quantitative estimate of drug-likeness (QED) is 0.599. The van der Waals surface area contributed by atoms with Gasteiger partial charge in [-0.15, -0.1) is 11.3 Å². The molecule has 2 aliphatic rings. The number of allylic oxidation sites excluding steroid dienone is 3. The van der Waals surface area contributed by atoms with Crippen LogP contribution in [-0.2, 0) is 4.79 Å². The molecular weight excluding hydrogens is 458 g/mol. The van der Waals surface area contributed by atoms with E-state index in [0.29, 0.717) is 28.4 Å². The van der Waals surface area contributed by atoms with Crippen LogP contribution < -0.4 is 10.6 Å². The lowest BCUT2D eigenvalue weighted by Crippen LogP contribution is -2.38. The van der Waals surface area contributed by atoms with Crippen LogP contribution in [0.4, 0.5) is 5.69 Å². The Morgan fingerprint density at radius 2 is 2.11 bits per heavy atom. The van der Waals surface area contributed by atoms with Crippen LogP contribution in [0.1, 0.15) is 35.6 Å². The van der Waals surface area contributed by atoms with Crippen LogP contribution in [0.15, 0.2) is 56.8 Å². The van der Waals surface area contributed by atoms with Crippen LogP contribution in [0.2, 0.25) is 5.02 Å². The number of anilines is 1. The third-order valence-corrected chi connectivity index (χ3v) is 7.13. The summed E-state index contributed by atoms with van der Waals surface area (Å²) < 4.78 is 0.955. The predicted molar refractivity (Wildman–Crippen MR) is 116 cm³/mol. The molecule has 142 valence electrons. The van der Waals surface area contributed by atoms with E-state index in [0.717, 1.165) is 38.5 Å². The van der Waals surface area contributed by atoms with E-state index in [1.807, 2.05) is 42.2 Å². The van der Waals surface area contributed by atoms with Crippen LogP contribution >= 0.6 is 38.9 Å². The monoisotopic (exact) mass is 473 g/mol. The molecule has 0 saturated carbocycles. The van der Waals surface area contributed by atoms with Gasteiger partial charge in [0, 0.05) is 27.6 Å². The van der Waals surface area contributed by atoms with Gasteiger partial charge in [-0.1, -0.05) is 17.7 Å². The van der Waals surface area contributed by atoms with Gasteiger partial charge in [-0.05, 0) is 65.5 Å². The first-order valence-corrected chi connectivity index (χ1v) is 10.9.